The summed E-state index contributed by atoms with van der Waals surface area (Å²) in [6.07, 6.45) is 2.46. The van der Waals surface area contributed by atoms with Crippen molar-refractivity contribution < 1.29 is 8.42 Å². The van der Waals surface area contributed by atoms with Gasteiger partial charge in [-0.3, -0.25) is 4.98 Å². The Kier molecular flexibility index (Phi) is 6.14. The molecule has 1 saturated heterocycles. The summed E-state index contributed by atoms with van der Waals surface area (Å²) >= 11 is 0. The third kappa shape index (κ3) is 4.96. The van der Waals surface area contributed by atoms with Crippen molar-refractivity contribution in [1.29, 1.82) is 0 Å². The molecule has 1 aliphatic heterocycles. The van der Waals surface area contributed by atoms with Gasteiger partial charge in [0.1, 0.15) is 0 Å². The number of nitrogens with zero attached hydrogens (tertiary/aromatic N) is 3. The molecule has 0 atom stereocenters. The van der Waals surface area contributed by atoms with Crippen LogP contribution in [-0.4, -0.2) is 55.6 Å². The molecule has 2 rings (SSSR count). The van der Waals surface area contributed by atoms with E-state index in [-0.39, 0.29) is 5.75 Å². The van der Waals surface area contributed by atoms with Crippen LogP contribution >= 0.6 is 0 Å². The Morgan fingerprint density at radius 1 is 1.41 bits per heavy atom. The van der Waals surface area contributed by atoms with Crippen LogP contribution in [0.25, 0.3) is 0 Å². The zero-order valence-electron chi connectivity index (χ0n) is 12.8. The third-order valence-electron chi connectivity index (χ3n) is 3.33. The lowest BCUT2D eigenvalue weighted by Crippen LogP contribution is -2.42. The zero-order chi connectivity index (χ0) is 15.8. The average Bonchev–Trinajstić information content (AvgIpc) is 2.85. The standard InChI is InChI=1S/C14H23N5O2S/c1-2-15-14(18-12-13-6-3-4-7-16-13)17-8-10-19-9-5-11-22(19,20)21/h3-4,6-7H,2,5,8-12H2,1H3,(H2,15,17,18). The number of hydrogen-bond donors (Lipinski definition) is 2. The largest absolute Gasteiger partial charge is 0.357 e. The minimum Gasteiger partial charge on any atom is -0.357 e. The minimum absolute atomic E-state index is 0.265. The first kappa shape index (κ1) is 16.7. The topological polar surface area (TPSA) is 86.7 Å². The smallest absolute Gasteiger partial charge is 0.214 e. The highest BCUT2D eigenvalue weighted by Gasteiger charge is 2.27. The number of aromatic nitrogens is 1. The molecule has 0 radical (unpaired) electrons. The summed E-state index contributed by atoms with van der Waals surface area (Å²) in [6, 6.07) is 5.72. The fourth-order valence-corrected chi connectivity index (χ4v) is 3.76. The van der Waals surface area contributed by atoms with E-state index in [9.17, 15) is 8.42 Å². The molecule has 0 aromatic carbocycles. The molecule has 2 heterocycles. The van der Waals surface area contributed by atoms with E-state index in [1.165, 1.54) is 4.31 Å². The van der Waals surface area contributed by atoms with Crippen LogP contribution in [0.3, 0.4) is 0 Å². The Hall–Kier alpha value is -1.67. The SMILES string of the molecule is CCNC(=NCc1ccccn1)NCCN1CCCS1(=O)=O. The Bertz CT molecular complexity index is 589. The number of sulfonamides is 1. The first-order valence-corrected chi connectivity index (χ1v) is 9.12. The highest BCUT2D eigenvalue weighted by Crippen LogP contribution is 2.11. The molecule has 1 fully saturated rings. The van der Waals surface area contributed by atoms with Crippen LogP contribution in [0.1, 0.15) is 19.0 Å². The highest BCUT2D eigenvalue weighted by molar-refractivity contribution is 7.89. The van der Waals surface area contributed by atoms with Crippen LogP contribution in [0.2, 0.25) is 0 Å². The zero-order valence-corrected chi connectivity index (χ0v) is 13.6. The Morgan fingerprint density at radius 3 is 2.91 bits per heavy atom. The maximum Gasteiger partial charge on any atom is 0.214 e. The summed E-state index contributed by atoms with van der Waals surface area (Å²) in [7, 11) is -3.03. The third-order valence-corrected chi connectivity index (χ3v) is 5.28. The van der Waals surface area contributed by atoms with E-state index in [0.29, 0.717) is 32.1 Å². The molecule has 0 unspecified atom stereocenters. The van der Waals surface area contributed by atoms with Crippen LogP contribution < -0.4 is 10.6 Å². The first-order valence-electron chi connectivity index (χ1n) is 7.52. The minimum atomic E-state index is -3.03. The molecule has 7 nitrogen and oxygen atoms in total. The molecule has 0 spiro atoms. The predicted octanol–water partition coefficient (Wildman–Crippen LogP) is 0.172. The molecular formula is C14H23N5O2S. The van der Waals surface area contributed by atoms with Gasteiger partial charge in [0.05, 0.1) is 18.0 Å². The van der Waals surface area contributed by atoms with Gasteiger partial charge < -0.3 is 10.6 Å². The van der Waals surface area contributed by atoms with Crippen molar-refractivity contribution in [3.8, 4) is 0 Å². The van der Waals surface area contributed by atoms with E-state index in [4.69, 9.17) is 0 Å². The number of pyridine rings is 1. The van der Waals surface area contributed by atoms with E-state index < -0.39 is 10.0 Å². The Morgan fingerprint density at radius 2 is 2.27 bits per heavy atom. The fourth-order valence-electron chi connectivity index (χ4n) is 2.23. The summed E-state index contributed by atoms with van der Waals surface area (Å²) in [5.74, 6) is 0.936. The normalized spacial score (nSPS) is 18.3. The number of rotatable bonds is 6. The van der Waals surface area contributed by atoms with E-state index in [1.54, 1.807) is 6.20 Å². The fraction of sp³-hybridized carbons (Fsp3) is 0.571. The van der Waals surface area contributed by atoms with Gasteiger partial charge in [0.15, 0.2) is 5.96 Å². The van der Waals surface area contributed by atoms with E-state index in [1.807, 2.05) is 25.1 Å². The molecule has 122 valence electrons. The van der Waals surface area contributed by atoms with Crippen molar-refractivity contribution in [2.45, 2.75) is 19.9 Å². The van der Waals surface area contributed by atoms with Gasteiger partial charge in [-0.25, -0.2) is 17.7 Å². The molecule has 0 bridgehead atoms. The number of guanidine groups is 1. The average molecular weight is 325 g/mol. The van der Waals surface area contributed by atoms with Gasteiger partial charge in [0, 0.05) is 32.4 Å². The molecule has 0 amide bonds. The molecular weight excluding hydrogens is 302 g/mol. The number of aliphatic imine (C=N–C) groups is 1. The van der Waals surface area contributed by atoms with Crippen LogP contribution in [0.15, 0.2) is 29.4 Å². The summed E-state index contributed by atoms with van der Waals surface area (Å²) < 4.78 is 25.0. The second-order valence-electron chi connectivity index (χ2n) is 5.01. The van der Waals surface area contributed by atoms with Crippen LogP contribution in [0.5, 0.6) is 0 Å². The van der Waals surface area contributed by atoms with Crippen molar-refractivity contribution in [2.24, 2.45) is 4.99 Å². The lowest BCUT2D eigenvalue weighted by molar-refractivity contribution is 0.445. The quantitative estimate of drug-likeness (QED) is 0.575. The Balaban J connectivity index is 1.83. The van der Waals surface area contributed by atoms with E-state index in [2.05, 4.69) is 20.6 Å². The highest BCUT2D eigenvalue weighted by atomic mass is 32.2. The van der Waals surface area contributed by atoms with Gasteiger partial charge in [-0.1, -0.05) is 6.07 Å². The van der Waals surface area contributed by atoms with Crippen molar-refractivity contribution in [3.63, 3.8) is 0 Å². The van der Waals surface area contributed by atoms with Crippen LogP contribution in [0.4, 0.5) is 0 Å². The maximum atomic E-state index is 11.7. The molecule has 8 heteroatoms. The second kappa shape index (κ2) is 8.09. The second-order valence-corrected chi connectivity index (χ2v) is 7.10. The van der Waals surface area contributed by atoms with E-state index >= 15 is 0 Å². The molecule has 1 aromatic rings. The van der Waals surface area contributed by atoms with Crippen LogP contribution in [-0.2, 0) is 16.6 Å². The predicted molar refractivity (Wildman–Crippen MR) is 87.0 cm³/mol. The van der Waals surface area contributed by atoms with Crippen molar-refractivity contribution >= 4 is 16.0 Å². The summed E-state index contributed by atoms with van der Waals surface area (Å²) in [5, 5.41) is 6.30. The van der Waals surface area contributed by atoms with Gasteiger partial charge >= 0.3 is 0 Å². The van der Waals surface area contributed by atoms with Gasteiger partial charge in [0.2, 0.25) is 10.0 Å². The van der Waals surface area contributed by atoms with Crippen molar-refractivity contribution in [3.05, 3.63) is 30.1 Å². The van der Waals surface area contributed by atoms with Gasteiger partial charge in [-0.2, -0.15) is 0 Å². The molecule has 0 aliphatic carbocycles. The first-order chi connectivity index (χ1) is 10.6. The molecule has 22 heavy (non-hydrogen) atoms. The lowest BCUT2D eigenvalue weighted by atomic mass is 10.3. The van der Waals surface area contributed by atoms with E-state index in [0.717, 1.165) is 18.7 Å². The Labute approximate surface area is 131 Å². The molecule has 1 aromatic heterocycles. The number of nitrogens with one attached hydrogen (secondary N) is 2. The summed E-state index contributed by atoms with van der Waals surface area (Å²) in [4.78, 5) is 8.67. The van der Waals surface area contributed by atoms with Crippen molar-refractivity contribution in [2.75, 3.05) is 31.9 Å². The van der Waals surface area contributed by atoms with Crippen LogP contribution in [0, 0.1) is 0 Å². The maximum absolute atomic E-state index is 11.7. The van der Waals surface area contributed by atoms with Crippen molar-refractivity contribution in [1.82, 2.24) is 19.9 Å². The summed E-state index contributed by atoms with van der Waals surface area (Å²) in [6.45, 7) is 4.84. The molecule has 1 aliphatic rings. The molecule has 2 N–H and O–H groups in total. The lowest BCUT2D eigenvalue weighted by Gasteiger charge is -2.16. The van der Waals surface area contributed by atoms with Gasteiger partial charge in [-0.05, 0) is 25.5 Å². The summed E-state index contributed by atoms with van der Waals surface area (Å²) in [5.41, 5.74) is 0.891. The monoisotopic (exact) mass is 325 g/mol. The molecule has 0 saturated carbocycles. The number of hydrogen-bond acceptors (Lipinski definition) is 4. The van der Waals surface area contributed by atoms with Gasteiger partial charge in [-0.15, -0.1) is 0 Å². The van der Waals surface area contributed by atoms with Gasteiger partial charge in [0.25, 0.3) is 0 Å².